The summed E-state index contributed by atoms with van der Waals surface area (Å²) in [5.74, 6) is 0.620. The number of hydrogen-bond donors (Lipinski definition) is 1. The second-order valence-electron chi connectivity index (χ2n) is 4.05. The van der Waals surface area contributed by atoms with Gasteiger partial charge in [-0.25, -0.2) is 4.39 Å². The molecule has 1 aromatic carbocycles. The Morgan fingerprint density at radius 2 is 2.06 bits per heavy atom. The third kappa shape index (κ3) is 2.65. The number of benzene rings is 1. The standard InChI is InChI=1S/C14H14FNO2/c1-9-13(4-3-7-16-9)18-14-6-5-11(15)8-12(14)10(2)17/h3-8,10,17H,1-2H3/t10-/m0/s1. The van der Waals surface area contributed by atoms with Crippen LogP contribution in [-0.4, -0.2) is 10.1 Å². The van der Waals surface area contributed by atoms with Crippen LogP contribution in [0.2, 0.25) is 0 Å². The first-order valence-electron chi connectivity index (χ1n) is 5.65. The molecular formula is C14H14FNO2. The highest BCUT2D eigenvalue weighted by Gasteiger charge is 2.12. The van der Waals surface area contributed by atoms with Crippen molar-refractivity contribution < 1.29 is 14.2 Å². The van der Waals surface area contributed by atoms with Crippen LogP contribution in [0.25, 0.3) is 0 Å². The van der Waals surface area contributed by atoms with Crippen molar-refractivity contribution in [2.24, 2.45) is 0 Å². The molecule has 0 aliphatic heterocycles. The lowest BCUT2D eigenvalue weighted by atomic mass is 10.1. The van der Waals surface area contributed by atoms with E-state index in [2.05, 4.69) is 4.98 Å². The number of nitrogens with zero attached hydrogens (tertiary/aromatic N) is 1. The summed E-state index contributed by atoms with van der Waals surface area (Å²) < 4.78 is 18.8. The van der Waals surface area contributed by atoms with E-state index in [0.717, 1.165) is 5.69 Å². The largest absolute Gasteiger partial charge is 0.455 e. The minimum atomic E-state index is -0.798. The van der Waals surface area contributed by atoms with Gasteiger partial charge in [-0.15, -0.1) is 0 Å². The van der Waals surface area contributed by atoms with Gasteiger partial charge in [-0.3, -0.25) is 4.98 Å². The zero-order chi connectivity index (χ0) is 13.1. The van der Waals surface area contributed by atoms with E-state index in [0.29, 0.717) is 17.1 Å². The summed E-state index contributed by atoms with van der Waals surface area (Å²) in [7, 11) is 0. The number of halogens is 1. The fraction of sp³-hybridized carbons (Fsp3) is 0.214. The molecule has 2 aromatic rings. The minimum Gasteiger partial charge on any atom is -0.455 e. The molecule has 1 atom stereocenters. The molecule has 0 spiro atoms. The molecule has 0 fully saturated rings. The first-order chi connectivity index (χ1) is 8.58. The van der Waals surface area contributed by atoms with Gasteiger partial charge in [0.05, 0.1) is 11.8 Å². The predicted octanol–water partition coefficient (Wildman–Crippen LogP) is 3.37. The van der Waals surface area contributed by atoms with Crippen molar-refractivity contribution in [2.45, 2.75) is 20.0 Å². The number of rotatable bonds is 3. The van der Waals surface area contributed by atoms with Crippen molar-refractivity contribution >= 4 is 0 Å². The lowest BCUT2D eigenvalue weighted by Gasteiger charge is -2.14. The van der Waals surface area contributed by atoms with Crippen molar-refractivity contribution in [3.05, 3.63) is 53.6 Å². The highest BCUT2D eigenvalue weighted by molar-refractivity contribution is 5.40. The summed E-state index contributed by atoms with van der Waals surface area (Å²) in [6, 6.07) is 7.61. The molecule has 0 saturated carbocycles. The molecule has 94 valence electrons. The van der Waals surface area contributed by atoms with Crippen LogP contribution in [0.15, 0.2) is 36.5 Å². The quantitative estimate of drug-likeness (QED) is 0.904. The van der Waals surface area contributed by atoms with E-state index in [4.69, 9.17) is 4.74 Å². The van der Waals surface area contributed by atoms with Crippen LogP contribution < -0.4 is 4.74 Å². The Balaban J connectivity index is 2.37. The van der Waals surface area contributed by atoms with Crippen molar-refractivity contribution in [1.29, 1.82) is 0 Å². The Morgan fingerprint density at radius 3 is 2.72 bits per heavy atom. The van der Waals surface area contributed by atoms with E-state index < -0.39 is 11.9 Å². The van der Waals surface area contributed by atoms with Gasteiger partial charge in [-0.1, -0.05) is 0 Å². The van der Waals surface area contributed by atoms with Gasteiger partial charge in [-0.2, -0.15) is 0 Å². The van der Waals surface area contributed by atoms with Crippen molar-refractivity contribution in [3.63, 3.8) is 0 Å². The van der Waals surface area contributed by atoms with Gasteiger partial charge in [0, 0.05) is 11.8 Å². The second-order valence-corrected chi connectivity index (χ2v) is 4.05. The Labute approximate surface area is 105 Å². The summed E-state index contributed by atoms with van der Waals surface area (Å²) in [5.41, 5.74) is 1.15. The number of pyridine rings is 1. The van der Waals surface area contributed by atoms with Gasteiger partial charge in [0.25, 0.3) is 0 Å². The van der Waals surface area contributed by atoms with Crippen molar-refractivity contribution in [2.75, 3.05) is 0 Å². The van der Waals surface area contributed by atoms with Crippen LogP contribution in [0.1, 0.15) is 24.3 Å². The summed E-state index contributed by atoms with van der Waals surface area (Å²) in [5, 5.41) is 9.61. The number of aliphatic hydroxyl groups is 1. The summed E-state index contributed by atoms with van der Waals surface area (Å²) in [4.78, 5) is 4.11. The molecule has 0 unspecified atom stereocenters. The average Bonchev–Trinajstić information content (AvgIpc) is 2.34. The molecule has 0 bridgehead atoms. The molecule has 18 heavy (non-hydrogen) atoms. The first kappa shape index (κ1) is 12.5. The number of ether oxygens (including phenoxy) is 1. The predicted molar refractivity (Wildman–Crippen MR) is 66.1 cm³/mol. The first-order valence-corrected chi connectivity index (χ1v) is 5.65. The SMILES string of the molecule is Cc1ncccc1Oc1ccc(F)cc1[C@H](C)O. The second kappa shape index (κ2) is 5.14. The Kier molecular flexibility index (Phi) is 3.58. The smallest absolute Gasteiger partial charge is 0.148 e. The van der Waals surface area contributed by atoms with Crippen LogP contribution >= 0.6 is 0 Å². The average molecular weight is 247 g/mol. The monoisotopic (exact) mass is 247 g/mol. The maximum atomic E-state index is 13.1. The third-order valence-corrected chi connectivity index (χ3v) is 2.60. The molecule has 1 N–H and O–H groups in total. The van der Waals surface area contributed by atoms with E-state index >= 15 is 0 Å². The van der Waals surface area contributed by atoms with E-state index in [1.807, 2.05) is 6.92 Å². The molecule has 0 amide bonds. The van der Waals surface area contributed by atoms with Crippen LogP contribution in [0, 0.1) is 12.7 Å². The number of aliphatic hydroxyl groups excluding tert-OH is 1. The Morgan fingerprint density at radius 1 is 1.28 bits per heavy atom. The molecule has 1 aromatic heterocycles. The highest BCUT2D eigenvalue weighted by Crippen LogP contribution is 2.31. The molecule has 2 rings (SSSR count). The van der Waals surface area contributed by atoms with E-state index in [1.165, 1.54) is 18.2 Å². The molecule has 0 saturated heterocycles. The van der Waals surface area contributed by atoms with Crippen LogP contribution in [0.3, 0.4) is 0 Å². The van der Waals surface area contributed by atoms with E-state index in [1.54, 1.807) is 25.3 Å². The topological polar surface area (TPSA) is 42.4 Å². The minimum absolute atomic E-state index is 0.402. The van der Waals surface area contributed by atoms with Gasteiger partial charge < -0.3 is 9.84 Å². The maximum absolute atomic E-state index is 13.1. The fourth-order valence-electron chi connectivity index (χ4n) is 1.63. The Hall–Kier alpha value is -1.94. The van der Waals surface area contributed by atoms with Crippen molar-refractivity contribution in [1.82, 2.24) is 4.98 Å². The molecular weight excluding hydrogens is 233 g/mol. The molecule has 0 radical (unpaired) electrons. The Bertz CT molecular complexity index is 555. The van der Waals surface area contributed by atoms with E-state index in [-0.39, 0.29) is 0 Å². The lowest BCUT2D eigenvalue weighted by Crippen LogP contribution is -1.98. The fourth-order valence-corrected chi connectivity index (χ4v) is 1.63. The van der Waals surface area contributed by atoms with E-state index in [9.17, 15) is 9.50 Å². The van der Waals surface area contributed by atoms with Crippen LogP contribution in [-0.2, 0) is 0 Å². The molecule has 3 nitrogen and oxygen atoms in total. The van der Waals surface area contributed by atoms with Gasteiger partial charge in [0.15, 0.2) is 0 Å². The zero-order valence-corrected chi connectivity index (χ0v) is 10.2. The van der Waals surface area contributed by atoms with Gasteiger partial charge in [0.1, 0.15) is 17.3 Å². The number of aromatic nitrogens is 1. The lowest BCUT2D eigenvalue weighted by molar-refractivity contribution is 0.195. The summed E-state index contributed by atoms with van der Waals surface area (Å²) in [6.07, 6.45) is 0.871. The normalized spacial score (nSPS) is 12.2. The highest BCUT2D eigenvalue weighted by atomic mass is 19.1. The molecule has 1 heterocycles. The van der Waals surface area contributed by atoms with Gasteiger partial charge >= 0.3 is 0 Å². The number of hydrogen-bond acceptors (Lipinski definition) is 3. The molecule has 0 aliphatic rings. The van der Waals surface area contributed by atoms with Gasteiger partial charge in [0.2, 0.25) is 0 Å². The zero-order valence-electron chi connectivity index (χ0n) is 10.2. The molecule has 0 aliphatic carbocycles. The van der Waals surface area contributed by atoms with Crippen LogP contribution in [0.5, 0.6) is 11.5 Å². The van der Waals surface area contributed by atoms with Crippen molar-refractivity contribution in [3.8, 4) is 11.5 Å². The summed E-state index contributed by atoms with van der Waals surface area (Å²) in [6.45, 7) is 3.39. The third-order valence-electron chi connectivity index (χ3n) is 2.60. The maximum Gasteiger partial charge on any atom is 0.148 e. The van der Waals surface area contributed by atoms with Gasteiger partial charge in [-0.05, 0) is 44.2 Å². The molecule has 4 heteroatoms. The summed E-state index contributed by atoms with van der Waals surface area (Å²) >= 11 is 0. The number of aryl methyl sites for hydroxylation is 1. The van der Waals surface area contributed by atoms with Crippen LogP contribution in [0.4, 0.5) is 4.39 Å².